The van der Waals surface area contributed by atoms with Crippen molar-refractivity contribution in [3.8, 4) is 0 Å². The summed E-state index contributed by atoms with van der Waals surface area (Å²) in [5.74, 6) is -4.35. The molecule has 0 bridgehead atoms. The minimum absolute atomic E-state index is 0.114. The third-order valence-corrected chi connectivity index (χ3v) is 5.53. The summed E-state index contributed by atoms with van der Waals surface area (Å²) in [7, 11) is 1.37. The molecule has 5 nitrogen and oxygen atoms in total. The van der Waals surface area contributed by atoms with E-state index in [9.17, 15) is 27.9 Å². The van der Waals surface area contributed by atoms with Crippen LogP contribution in [0.1, 0.15) is 36.3 Å². The Bertz CT molecular complexity index is 1050. The maximum atomic E-state index is 14.6. The van der Waals surface area contributed by atoms with E-state index in [2.05, 4.69) is 4.99 Å². The maximum absolute atomic E-state index is 14.6. The summed E-state index contributed by atoms with van der Waals surface area (Å²) in [4.78, 5) is 29.4. The Labute approximate surface area is 183 Å². The Hall–Kier alpha value is -3.42. The normalized spacial score (nSPS) is 17.7. The van der Waals surface area contributed by atoms with Crippen LogP contribution >= 0.6 is 0 Å². The number of halogens is 3. The molecule has 1 heterocycles. The summed E-state index contributed by atoms with van der Waals surface area (Å²) in [6, 6.07) is 8.35. The quantitative estimate of drug-likeness (QED) is 0.393. The first-order chi connectivity index (χ1) is 15.3. The third kappa shape index (κ3) is 5.43. The third-order valence-electron chi connectivity index (χ3n) is 5.53. The molecule has 1 fully saturated rings. The second-order valence-corrected chi connectivity index (χ2v) is 7.61. The number of carbonyl (C=O) groups is 2. The second-order valence-electron chi connectivity index (χ2n) is 7.61. The van der Waals surface area contributed by atoms with E-state index in [1.54, 1.807) is 0 Å². The van der Waals surface area contributed by atoms with Gasteiger partial charge in [-0.15, -0.1) is 0 Å². The zero-order valence-electron chi connectivity index (χ0n) is 17.5. The SMILES string of the molecule is C/N=C\C(=O)/C(O)=C/C(=O)N1CCC[C@@H]1C[C@@H](c1ccc(F)cc1)c1cc(F)ccc1F. The van der Waals surface area contributed by atoms with Gasteiger partial charge in [0.2, 0.25) is 5.78 Å². The molecule has 0 aromatic heterocycles. The molecule has 0 radical (unpaired) electrons. The Morgan fingerprint density at radius 1 is 1.16 bits per heavy atom. The summed E-state index contributed by atoms with van der Waals surface area (Å²) in [6.45, 7) is 0.394. The van der Waals surface area contributed by atoms with Crippen molar-refractivity contribution in [2.75, 3.05) is 13.6 Å². The van der Waals surface area contributed by atoms with Gasteiger partial charge in [-0.2, -0.15) is 0 Å². The summed E-state index contributed by atoms with van der Waals surface area (Å²) in [5, 5.41) is 9.84. The highest BCUT2D eigenvalue weighted by Crippen LogP contribution is 2.35. The predicted octanol–water partition coefficient (Wildman–Crippen LogP) is 4.33. The number of likely N-dealkylation sites (tertiary alicyclic amines) is 1. The van der Waals surface area contributed by atoms with Crippen LogP contribution < -0.4 is 0 Å². The lowest BCUT2D eigenvalue weighted by atomic mass is 9.85. The molecule has 0 aliphatic carbocycles. The summed E-state index contributed by atoms with van der Waals surface area (Å²) in [5.41, 5.74) is 0.701. The van der Waals surface area contributed by atoms with Gasteiger partial charge in [0.15, 0.2) is 5.76 Å². The van der Waals surface area contributed by atoms with E-state index >= 15 is 0 Å². The number of rotatable bonds is 7. The van der Waals surface area contributed by atoms with Crippen LogP contribution in [0.2, 0.25) is 0 Å². The van der Waals surface area contributed by atoms with Crippen LogP contribution in [0.15, 0.2) is 59.3 Å². The van der Waals surface area contributed by atoms with Crippen LogP contribution in [-0.2, 0) is 9.59 Å². The second kappa shape index (κ2) is 10.3. The van der Waals surface area contributed by atoms with Crippen molar-refractivity contribution in [1.82, 2.24) is 4.90 Å². The molecular weight excluding hydrogens is 421 g/mol. The number of benzene rings is 2. The van der Waals surface area contributed by atoms with Crippen LogP contribution in [-0.4, -0.2) is 47.5 Å². The van der Waals surface area contributed by atoms with E-state index in [1.165, 1.54) is 36.2 Å². The monoisotopic (exact) mass is 444 g/mol. The van der Waals surface area contributed by atoms with Crippen molar-refractivity contribution in [2.45, 2.75) is 31.2 Å². The van der Waals surface area contributed by atoms with Gasteiger partial charge in [-0.1, -0.05) is 12.1 Å². The zero-order chi connectivity index (χ0) is 23.3. The number of Topliss-reactive ketones (excluding diaryl/α,β-unsaturated/α-hetero) is 1. The van der Waals surface area contributed by atoms with Gasteiger partial charge in [-0.3, -0.25) is 14.6 Å². The fourth-order valence-corrected chi connectivity index (χ4v) is 4.02. The highest BCUT2D eigenvalue weighted by atomic mass is 19.1. The van der Waals surface area contributed by atoms with E-state index in [1.807, 2.05) is 0 Å². The van der Waals surface area contributed by atoms with E-state index in [4.69, 9.17) is 0 Å². The molecule has 2 atom stereocenters. The number of hydrogen-bond donors (Lipinski definition) is 1. The number of nitrogens with zero attached hydrogens (tertiary/aromatic N) is 2. The number of allylic oxidation sites excluding steroid dienone is 1. The number of aliphatic hydroxyl groups is 1. The minimum Gasteiger partial charge on any atom is -0.504 e. The molecule has 3 rings (SSSR count). The number of amides is 1. The number of ketones is 1. The topological polar surface area (TPSA) is 70.0 Å². The number of aliphatic hydroxyl groups excluding tert-OH is 1. The van der Waals surface area contributed by atoms with Gasteiger partial charge in [-0.25, -0.2) is 13.2 Å². The van der Waals surface area contributed by atoms with Crippen LogP contribution in [0.25, 0.3) is 0 Å². The first-order valence-corrected chi connectivity index (χ1v) is 10.2. The highest BCUT2D eigenvalue weighted by Gasteiger charge is 2.32. The molecule has 168 valence electrons. The van der Waals surface area contributed by atoms with Crippen molar-refractivity contribution in [3.63, 3.8) is 0 Å². The zero-order valence-corrected chi connectivity index (χ0v) is 17.5. The molecule has 1 amide bonds. The lowest BCUT2D eigenvalue weighted by Gasteiger charge is -2.28. The van der Waals surface area contributed by atoms with Crippen LogP contribution in [0.4, 0.5) is 13.2 Å². The Balaban J connectivity index is 1.90. The fraction of sp³-hybridized carbons (Fsp3) is 0.292. The van der Waals surface area contributed by atoms with E-state index in [0.717, 1.165) is 30.5 Å². The van der Waals surface area contributed by atoms with Gasteiger partial charge in [0.05, 0.1) is 6.21 Å². The van der Waals surface area contributed by atoms with E-state index in [0.29, 0.717) is 24.9 Å². The molecular formula is C24H23F3N2O3. The molecule has 8 heteroatoms. The van der Waals surface area contributed by atoms with Crippen molar-refractivity contribution >= 4 is 17.9 Å². The molecule has 0 saturated carbocycles. The number of carbonyl (C=O) groups excluding carboxylic acids is 2. The van der Waals surface area contributed by atoms with Gasteiger partial charge in [0.25, 0.3) is 5.91 Å². The van der Waals surface area contributed by atoms with Crippen molar-refractivity contribution < 1.29 is 27.9 Å². The average Bonchev–Trinajstić information content (AvgIpc) is 3.23. The molecule has 0 unspecified atom stereocenters. The molecule has 1 aliphatic heterocycles. The van der Waals surface area contributed by atoms with Crippen molar-refractivity contribution in [2.24, 2.45) is 4.99 Å². The molecule has 1 saturated heterocycles. The number of aliphatic imine (C=N–C) groups is 1. The van der Waals surface area contributed by atoms with Crippen LogP contribution in [0.5, 0.6) is 0 Å². The lowest BCUT2D eigenvalue weighted by Crippen LogP contribution is -2.36. The van der Waals surface area contributed by atoms with Crippen molar-refractivity contribution in [1.29, 1.82) is 0 Å². The van der Waals surface area contributed by atoms with Gasteiger partial charge >= 0.3 is 0 Å². The Morgan fingerprint density at radius 2 is 1.84 bits per heavy atom. The van der Waals surface area contributed by atoms with Gasteiger partial charge in [0.1, 0.15) is 17.5 Å². The average molecular weight is 444 g/mol. The minimum atomic E-state index is -0.789. The largest absolute Gasteiger partial charge is 0.504 e. The Kier molecular flexibility index (Phi) is 7.45. The lowest BCUT2D eigenvalue weighted by molar-refractivity contribution is -0.127. The molecule has 1 aliphatic rings. The fourth-order valence-electron chi connectivity index (χ4n) is 4.02. The number of hydrogen-bond acceptors (Lipinski definition) is 4. The van der Waals surface area contributed by atoms with Gasteiger partial charge < -0.3 is 10.0 Å². The summed E-state index contributed by atoms with van der Waals surface area (Å²) >= 11 is 0. The van der Waals surface area contributed by atoms with Gasteiger partial charge in [-0.05, 0) is 60.7 Å². The smallest absolute Gasteiger partial charge is 0.250 e. The summed E-state index contributed by atoms with van der Waals surface area (Å²) < 4.78 is 42.0. The van der Waals surface area contributed by atoms with Crippen LogP contribution in [0.3, 0.4) is 0 Å². The molecule has 0 spiro atoms. The standard InChI is InChI=1S/C24H23F3N2O3/c1-28-14-23(31)22(30)13-24(32)29-10-2-3-18(29)12-19(15-4-6-16(25)7-5-15)20-11-17(26)8-9-21(20)27/h4-9,11,13-14,18-19,30H,2-3,10,12H2,1H3/b22-13-,28-14-/t18-,19+/m1/s1. The first kappa shape index (κ1) is 23.2. The molecule has 1 N–H and O–H groups in total. The Morgan fingerprint density at radius 3 is 2.53 bits per heavy atom. The van der Waals surface area contributed by atoms with E-state index < -0.39 is 40.8 Å². The van der Waals surface area contributed by atoms with Crippen molar-refractivity contribution in [3.05, 3.63) is 82.9 Å². The predicted molar refractivity (Wildman–Crippen MR) is 114 cm³/mol. The van der Waals surface area contributed by atoms with E-state index in [-0.39, 0.29) is 18.0 Å². The summed E-state index contributed by atoms with van der Waals surface area (Å²) in [6.07, 6.45) is 3.29. The molecule has 2 aromatic carbocycles. The maximum Gasteiger partial charge on any atom is 0.250 e. The van der Waals surface area contributed by atoms with Crippen LogP contribution in [0, 0.1) is 17.5 Å². The first-order valence-electron chi connectivity index (χ1n) is 10.2. The van der Waals surface area contributed by atoms with Gasteiger partial charge in [0, 0.05) is 31.6 Å². The molecule has 32 heavy (non-hydrogen) atoms. The highest BCUT2D eigenvalue weighted by molar-refractivity contribution is 6.34. The molecule has 2 aromatic rings.